The summed E-state index contributed by atoms with van der Waals surface area (Å²) in [6.45, 7) is 6.43. The van der Waals surface area contributed by atoms with Crippen LogP contribution in [0.5, 0.6) is 0 Å². The Balaban J connectivity index is 2.20. The van der Waals surface area contributed by atoms with Crippen LogP contribution in [0, 0.1) is 11.3 Å². The van der Waals surface area contributed by atoms with Gasteiger partial charge in [-0.05, 0) is 37.4 Å². The Labute approximate surface area is 113 Å². The lowest BCUT2D eigenvalue weighted by atomic mass is 9.83. The van der Waals surface area contributed by atoms with Crippen LogP contribution < -0.4 is 0 Å². The van der Waals surface area contributed by atoms with E-state index in [4.69, 9.17) is 4.74 Å². The average molecular weight is 258 g/mol. The fourth-order valence-corrected chi connectivity index (χ4v) is 3.12. The van der Waals surface area contributed by atoms with Gasteiger partial charge in [0.2, 0.25) is 0 Å². The summed E-state index contributed by atoms with van der Waals surface area (Å²) in [5, 5.41) is 0. The van der Waals surface area contributed by atoms with Crippen LogP contribution >= 0.6 is 12.6 Å². The van der Waals surface area contributed by atoms with Gasteiger partial charge in [0.25, 0.3) is 0 Å². The molecule has 1 fully saturated rings. The minimum absolute atomic E-state index is 0.386. The van der Waals surface area contributed by atoms with Gasteiger partial charge < -0.3 is 4.74 Å². The zero-order chi connectivity index (χ0) is 12.6. The van der Waals surface area contributed by atoms with Gasteiger partial charge in [0.05, 0.1) is 6.61 Å². The average Bonchev–Trinajstić information content (AvgIpc) is 2.54. The normalized spacial score (nSPS) is 20.5. The van der Waals surface area contributed by atoms with Gasteiger partial charge in [0.1, 0.15) is 0 Å². The van der Waals surface area contributed by atoms with Crippen molar-refractivity contribution >= 4 is 12.6 Å². The van der Waals surface area contributed by atoms with Crippen molar-refractivity contribution in [2.45, 2.75) is 65.2 Å². The SMILES string of the molecule is CC(C)CCCOCC1(CS)CCCCCC1. The molecular weight excluding hydrogens is 228 g/mol. The van der Waals surface area contributed by atoms with Crippen LogP contribution in [0.25, 0.3) is 0 Å². The summed E-state index contributed by atoms with van der Waals surface area (Å²) >= 11 is 4.57. The van der Waals surface area contributed by atoms with Crippen LogP contribution in [-0.2, 0) is 4.74 Å². The van der Waals surface area contributed by atoms with E-state index in [9.17, 15) is 0 Å². The third kappa shape index (κ3) is 6.15. The highest BCUT2D eigenvalue weighted by atomic mass is 32.1. The molecule has 0 atom stereocenters. The first kappa shape index (κ1) is 15.4. The smallest absolute Gasteiger partial charge is 0.0530 e. The molecule has 1 aliphatic carbocycles. The van der Waals surface area contributed by atoms with Gasteiger partial charge in [0, 0.05) is 12.0 Å². The molecule has 0 aliphatic heterocycles. The number of hydrogen-bond acceptors (Lipinski definition) is 2. The van der Waals surface area contributed by atoms with Gasteiger partial charge in [-0.25, -0.2) is 0 Å². The third-order valence-corrected chi connectivity index (χ3v) is 4.65. The second kappa shape index (κ2) is 8.42. The number of thiol groups is 1. The van der Waals surface area contributed by atoms with E-state index in [1.165, 1.54) is 51.4 Å². The van der Waals surface area contributed by atoms with Crippen LogP contribution in [0.15, 0.2) is 0 Å². The van der Waals surface area contributed by atoms with E-state index in [2.05, 4.69) is 26.5 Å². The van der Waals surface area contributed by atoms with E-state index in [0.29, 0.717) is 5.41 Å². The van der Waals surface area contributed by atoms with Gasteiger partial charge in [0.15, 0.2) is 0 Å². The first-order chi connectivity index (χ1) is 8.18. The van der Waals surface area contributed by atoms with Crippen molar-refractivity contribution in [1.29, 1.82) is 0 Å². The molecule has 0 unspecified atom stereocenters. The standard InChI is InChI=1S/C15H30OS/c1-14(2)8-7-11-16-12-15(13-17)9-5-3-4-6-10-15/h14,17H,3-13H2,1-2H3. The van der Waals surface area contributed by atoms with E-state index in [1.807, 2.05) is 0 Å². The summed E-state index contributed by atoms with van der Waals surface area (Å²) in [5.41, 5.74) is 0.386. The Kier molecular flexibility index (Phi) is 7.61. The lowest BCUT2D eigenvalue weighted by Crippen LogP contribution is -2.28. The lowest BCUT2D eigenvalue weighted by Gasteiger charge is -2.30. The van der Waals surface area contributed by atoms with Crippen molar-refractivity contribution in [3.63, 3.8) is 0 Å². The van der Waals surface area contributed by atoms with Gasteiger partial charge in [-0.2, -0.15) is 12.6 Å². The zero-order valence-corrected chi connectivity index (χ0v) is 12.6. The van der Waals surface area contributed by atoms with Crippen LogP contribution in [0.1, 0.15) is 65.2 Å². The van der Waals surface area contributed by atoms with Crippen LogP contribution in [-0.4, -0.2) is 19.0 Å². The highest BCUT2D eigenvalue weighted by molar-refractivity contribution is 7.80. The Morgan fingerprint density at radius 1 is 1.12 bits per heavy atom. The van der Waals surface area contributed by atoms with Gasteiger partial charge >= 0.3 is 0 Å². The topological polar surface area (TPSA) is 9.23 Å². The predicted molar refractivity (Wildman–Crippen MR) is 78.9 cm³/mol. The van der Waals surface area contributed by atoms with Crippen LogP contribution in [0.3, 0.4) is 0 Å². The van der Waals surface area contributed by atoms with E-state index in [0.717, 1.165) is 24.9 Å². The van der Waals surface area contributed by atoms with Crippen molar-refractivity contribution in [3.05, 3.63) is 0 Å². The van der Waals surface area contributed by atoms with Crippen molar-refractivity contribution in [1.82, 2.24) is 0 Å². The molecule has 0 heterocycles. The minimum Gasteiger partial charge on any atom is -0.381 e. The lowest BCUT2D eigenvalue weighted by molar-refractivity contribution is 0.0441. The monoisotopic (exact) mass is 258 g/mol. The maximum absolute atomic E-state index is 5.92. The Morgan fingerprint density at radius 2 is 1.76 bits per heavy atom. The van der Waals surface area contributed by atoms with Crippen LogP contribution in [0.2, 0.25) is 0 Å². The van der Waals surface area contributed by atoms with Gasteiger partial charge in [-0.3, -0.25) is 0 Å². The largest absolute Gasteiger partial charge is 0.381 e. The Bertz CT molecular complexity index is 183. The van der Waals surface area contributed by atoms with E-state index < -0.39 is 0 Å². The molecule has 0 spiro atoms. The summed E-state index contributed by atoms with van der Waals surface area (Å²) in [6, 6.07) is 0. The maximum atomic E-state index is 5.92. The second-order valence-corrected chi connectivity index (χ2v) is 6.48. The van der Waals surface area contributed by atoms with Crippen molar-refractivity contribution in [2.24, 2.45) is 11.3 Å². The van der Waals surface area contributed by atoms with E-state index in [1.54, 1.807) is 0 Å². The molecule has 0 aromatic heterocycles. The fraction of sp³-hybridized carbons (Fsp3) is 1.00. The first-order valence-electron chi connectivity index (χ1n) is 7.37. The summed E-state index contributed by atoms with van der Waals surface area (Å²) in [5.74, 6) is 1.80. The molecule has 17 heavy (non-hydrogen) atoms. The Hall–Kier alpha value is 0.310. The number of rotatable bonds is 7. The highest BCUT2D eigenvalue weighted by Gasteiger charge is 2.29. The molecular formula is C15H30OS. The number of ether oxygens (including phenoxy) is 1. The molecule has 2 heteroatoms. The zero-order valence-electron chi connectivity index (χ0n) is 11.7. The van der Waals surface area contributed by atoms with Crippen LogP contribution in [0.4, 0.5) is 0 Å². The molecule has 0 saturated heterocycles. The highest BCUT2D eigenvalue weighted by Crippen LogP contribution is 2.36. The molecule has 0 N–H and O–H groups in total. The Morgan fingerprint density at radius 3 is 2.29 bits per heavy atom. The van der Waals surface area contributed by atoms with Gasteiger partial charge in [-0.15, -0.1) is 0 Å². The van der Waals surface area contributed by atoms with E-state index in [-0.39, 0.29) is 0 Å². The molecule has 102 valence electrons. The van der Waals surface area contributed by atoms with Crippen molar-refractivity contribution in [3.8, 4) is 0 Å². The van der Waals surface area contributed by atoms with E-state index >= 15 is 0 Å². The number of hydrogen-bond donors (Lipinski definition) is 1. The summed E-state index contributed by atoms with van der Waals surface area (Å²) in [7, 11) is 0. The molecule has 0 bridgehead atoms. The van der Waals surface area contributed by atoms with Gasteiger partial charge in [-0.1, -0.05) is 39.5 Å². The molecule has 1 nitrogen and oxygen atoms in total. The molecule has 0 aromatic carbocycles. The minimum atomic E-state index is 0.386. The predicted octanol–water partition coefficient (Wildman–Crippen LogP) is 4.71. The van der Waals surface area contributed by atoms with Crippen molar-refractivity contribution < 1.29 is 4.74 Å². The summed E-state index contributed by atoms with van der Waals surface area (Å²) < 4.78 is 5.92. The first-order valence-corrected chi connectivity index (χ1v) is 8.00. The third-order valence-electron chi connectivity index (χ3n) is 3.98. The molecule has 1 rings (SSSR count). The summed E-state index contributed by atoms with van der Waals surface area (Å²) in [4.78, 5) is 0. The second-order valence-electron chi connectivity index (χ2n) is 6.16. The van der Waals surface area contributed by atoms with Crippen molar-refractivity contribution in [2.75, 3.05) is 19.0 Å². The molecule has 0 amide bonds. The molecule has 0 radical (unpaired) electrons. The molecule has 1 saturated carbocycles. The fourth-order valence-electron chi connectivity index (χ4n) is 2.71. The molecule has 0 aromatic rings. The molecule has 1 aliphatic rings. The quantitative estimate of drug-likeness (QED) is 0.395. The summed E-state index contributed by atoms with van der Waals surface area (Å²) in [6.07, 6.45) is 10.7. The maximum Gasteiger partial charge on any atom is 0.0530 e.